The van der Waals surface area contributed by atoms with Crippen LogP contribution in [0.5, 0.6) is 0 Å². The molecule has 2 aromatic carbocycles. The number of morpholine rings is 1. The van der Waals surface area contributed by atoms with Crippen molar-refractivity contribution in [2.24, 2.45) is 5.73 Å². The Hall–Kier alpha value is -1.46. The minimum atomic E-state index is 0.357. The summed E-state index contributed by atoms with van der Waals surface area (Å²) >= 11 is 0. The van der Waals surface area contributed by atoms with E-state index in [9.17, 15) is 0 Å². The second-order valence-electron chi connectivity index (χ2n) is 6.53. The predicted molar refractivity (Wildman–Crippen MR) is 93.4 cm³/mol. The molecule has 4 rings (SSSR count). The van der Waals surface area contributed by atoms with Crippen LogP contribution < -0.4 is 5.73 Å². The fourth-order valence-electron chi connectivity index (χ4n) is 3.96. The smallest absolute Gasteiger partial charge is 0.0594 e. The van der Waals surface area contributed by atoms with Gasteiger partial charge in [0.25, 0.3) is 0 Å². The molecule has 2 heterocycles. The van der Waals surface area contributed by atoms with E-state index in [1.807, 2.05) is 0 Å². The van der Waals surface area contributed by atoms with Crippen molar-refractivity contribution in [1.82, 2.24) is 9.80 Å². The van der Waals surface area contributed by atoms with Crippen LogP contribution in [0.2, 0.25) is 0 Å². The molecule has 0 amide bonds. The second-order valence-corrected chi connectivity index (χ2v) is 6.53. The van der Waals surface area contributed by atoms with Gasteiger partial charge in [0, 0.05) is 45.3 Å². The summed E-state index contributed by atoms with van der Waals surface area (Å²) < 4.78 is 5.44. The van der Waals surface area contributed by atoms with E-state index in [0.717, 1.165) is 45.9 Å². The molecule has 122 valence electrons. The number of rotatable bonds is 4. The first-order valence-corrected chi connectivity index (χ1v) is 8.61. The van der Waals surface area contributed by atoms with Crippen LogP contribution in [0, 0.1) is 0 Å². The summed E-state index contributed by atoms with van der Waals surface area (Å²) in [4.78, 5) is 5.05. The number of nitrogens with two attached hydrogens (primary N) is 1. The molecule has 1 atom stereocenters. The number of hydrogen-bond acceptors (Lipinski definition) is 4. The zero-order chi connectivity index (χ0) is 15.6. The third kappa shape index (κ3) is 2.88. The van der Waals surface area contributed by atoms with Crippen molar-refractivity contribution >= 4 is 10.8 Å². The first-order chi connectivity index (χ1) is 11.4. The zero-order valence-corrected chi connectivity index (χ0v) is 13.6. The van der Waals surface area contributed by atoms with Crippen LogP contribution in [-0.4, -0.2) is 55.7 Å². The van der Waals surface area contributed by atoms with E-state index < -0.39 is 0 Å². The van der Waals surface area contributed by atoms with E-state index >= 15 is 0 Å². The lowest BCUT2D eigenvalue weighted by Crippen LogP contribution is -2.41. The fourth-order valence-corrected chi connectivity index (χ4v) is 3.96. The van der Waals surface area contributed by atoms with E-state index in [0.29, 0.717) is 12.6 Å². The highest BCUT2D eigenvalue weighted by atomic mass is 16.5. The van der Waals surface area contributed by atoms with Gasteiger partial charge in [-0.15, -0.1) is 0 Å². The minimum absolute atomic E-state index is 0.357. The van der Waals surface area contributed by atoms with Gasteiger partial charge in [0.2, 0.25) is 0 Å². The molecule has 1 saturated heterocycles. The average Bonchev–Trinajstić information content (AvgIpc) is 2.99. The molecular formula is C19H25N3O. The molecule has 0 bridgehead atoms. The Balaban J connectivity index is 1.54. The molecule has 4 nitrogen and oxygen atoms in total. The monoisotopic (exact) mass is 311 g/mol. The highest BCUT2D eigenvalue weighted by molar-refractivity contribution is 5.87. The Morgan fingerprint density at radius 3 is 2.70 bits per heavy atom. The number of benzene rings is 2. The van der Waals surface area contributed by atoms with Crippen LogP contribution in [0.25, 0.3) is 10.8 Å². The SMILES string of the molecule is NCC1c2ccc3ccccc3c2CN1CCN1CCOCC1. The Morgan fingerprint density at radius 2 is 1.87 bits per heavy atom. The van der Waals surface area contributed by atoms with Crippen molar-refractivity contribution in [1.29, 1.82) is 0 Å². The molecule has 2 aromatic rings. The van der Waals surface area contributed by atoms with Crippen molar-refractivity contribution < 1.29 is 4.74 Å². The van der Waals surface area contributed by atoms with Crippen LogP contribution in [0.4, 0.5) is 0 Å². The van der Waals surface area contributed by atoms with E-state index in [1.165, 1.54) is 21.9 Å². The summed E-state index contributed by atoms with van der Waals surface area (Å²) in [5, 5.41) is 2.72. The lowest BCUT2D eigenvalue weighted by Gasteiger charge is -2.30. The maximum Gasteiger partial charge on any atom is 0.0594 e. The van der Waals surface area contributed by atoms with E-state index in [4.69, 9.17) is 10.5 Å². The van der Waals surface area contributed by atoms with Gasteiger partial charge in [0.1, 0.15) is 0 Å². The quantitative estimate of drug-likeness (QED) is 0.937. The van der Waals surface area contributed by atoms with Crippen molar-refractivity contribution in [3.05, 3.63) is 47.5 Å². The third-order valence-corrected chi connectivity index (χ3v) is 5.27. The number of fused-ring (bicyclic) bond motifs is 3. The predicted octanol–water partition coefficient (Wildman–Crippen LogP) is 1.99. The molecule has 1 unspecified atom stereocenters. The molecule has 0 saturated carbocycles. The zero-order valence-electron chi connectivity index (χ0n) is 13.6. The minimum Gasteiger partial charge on any atom is -0.379 e. The molecule has 4 heteroatoms. The van der Waals surface area contributed by atoms with Crippen LogP contribution in [-0.2, 0) is 11.3 Å². The van der Waals surface area contributed by atoms with Crippen molar-refractivity contribution in [2.75, 3.05) is 45.9 Å². The Bertz CT molecular complexity index is 681. The summed E-state index contributed by atoms with van der Waals surface area (Å²) in [5.41, 5.74) is 9.01. The first-order valence-electron chi connectivity index (χ1n) is 8.61. The largest absolute Gasteiger partial charge is 0.379 e. The molecule has 0 spiro atoms. The highest BCUT2D eigenvalue weighted by Crippen LogP contribution is 2.37. The van der Waals surface area contributed by atoms with Gasteiger partial charge in [-0.3, -0.25) is 9.80 Å². The van der Waals surface area contributed by atoms with Crippen LogP contribution in [0.15, 0.2) is 36.4 Å². The number of ether oxygens (including phenoxy) is 1. The van der Waals surface area contributed by atoms with Gasteiger partial charge in [-0.25, -0.2) is 0 Å². The first kappa shape index (κ1) is 15.1. The summed E-state index contributed by atoms with van der Waals surface area (Å²) in [6, 6.07) is 13.6. The molecule has 0 aromatic heterocycles. The maximum atomic E-state index is 6.12. The molecule has 0 radical (unpaired) electrons. The molecular weight excluding hydrogens is 286 g/mol. The highest BCUT2D eigenvalue weighted by Gasteiger charge is 2.30. The molecule has 1 fully saturated rings. The fraction of sp³-hybridized carbons (Fsp3) is 0.474. The lowest BCUT2D eigenvalue weighted by molar-refractivity contribution is 0.0314. The van der Waals surface area contributed by atoms with Crippen molar-refractivity contribution in [3.8, 4) is 0 Å². The Labute approximate surface area is 137 Å². The summed E-state index contributed by atoms with van der Waals surface area (Å²) in [6.45, 7) is 7.72. The normalized spacial score (nSPS) is 22.6. The molecule has 0 aliphatic carbocycles. The standard InChI is InChI=1S/C19H25N3O/c20-13-19-17-6-5-15-3-1-2-4-16(15)18(17)14-22(19)8-7-21-9-11-23-12-10-21/h1-6,19H,7-14,20H2. The van der Waals surface area contributed by atoms with E-state index in [1.54, 1.807) is 0 Å². The van der Waals surface area contributed by atoms with Crippen LogP contribution in [0.3, 0.4) is 0 Å². The summed E-state index contributed by atoms with van der Waals surface area (Å²) in [7, 11) is 0. The van der Waals surface area contributed by atoms with Gasteiger partial charge >= 0.3 is 0 Å². The summed E-state index contributed by atoms with van der Waals surface area (Å²) in [5.74, 6) is 0. The Morgan fingerprint density at radius 1 is 1.04 bits per heavy atom. The molecule has 2 aliphatic heterocycles. The van der Waals surface area contributed by atoms with Gasteiger partial charge in [-0.1, -0.05) is 36.4 Å². The van der Waals surface area contributed by atoms with Gasteiger partial charge in [0.15, 0.2) is 0 Å². The van der Waals surface area contributed by atoms with E-state index in [2.05, 4.69) is 46.2 Å². The topological polar surface area (TPSA) is 41.7 Å². The third-order valence-electron chi connectivity index (χ3n) is 5.27. The number of hydrogen-bond donors (Lipinski definition) is 1. The van der Waals surface area contributed by atoms with Gasteiger partial charge in [-0.05, 0) is 21.9 Å². The van der Waals surface area contributed by atoms with Crippen molar-refractivity contribution in [3.63, 3.8) is 0 Å². The lowest BCUT2D eigenvalue weighted by atomic mass is 9.98. The second kappa shape index (κ2) is 6.57. The van der Waals surface area contributed by atoms with Gasteiger partial charge in [0.05, 0.1) is 13.2 Å². The van der Waals surface area contributed by atoms with Crippen LogP contribution >= 0.6 is 0 Å². The van der Waals surface area contributed by atoms with Gasteiger partial charge < -0.3 is 10.5 Å². The summed E-state index contributed by atoms with van der Waals surface area (Å²) in [6.07, 6.45) is 0. The van der Waals surface area contributed by atoms with Crippen molar-refractivity contribution in [2.45, 2.75) is 12.6 Å². The maximum absolute atomic E-state index is 6.12. The van der Waals surface area contributed by atoms with E-state index in [-0.39, 0.29) is 0 Å². The molecule has 2 aliphatic rings. The van der Waals surface area contributed by atoms with Crippen LogP contribution in [0.1, 0.15) is 17.2 Å². The van der Waals surface area contributed by atoms with Gasteiger partial charge in [-0.2, -0.15) is 0 Å². The molecule has 2 N–H and O–H groups in total. The number of nitrogens with zero attached hydrogens (tertiary/aromatic N) is 2. The Kier molecular flexibility index (Phi) is 4.31. The average molecular weight is 311 g/mol. The molecule has 23 heavy (non-hydrogen) atoms.